The van der Waals surface area contributed by atoms with E-state index in [4.69, 9.17) is 4.74 Å². The molecule has 1 aliphatic heterocycles. The van der Waals surface area contributed by atoms with E-state index in [1.54, 1.807) is 19.2 Å². The van der Waals surface area contributed by atoms with Crippen LogP contribution in [0.25, 0.3) is 0 Å². The predicted molar refractivity (Wildman–Crippen MR) is 165 cm³/mol. The first-order valence-electron chi connectivity index (χ1n) is 15.2. The minimum absolute atomic E-state index is 0.0923. The number of ether oxygens (including phenoxy) is 1. The smallest absolute Gasteiger partial charge is 0.240 e. The number of hydrogen-bond donors (Lipinski definition) is 2. The van der Waals surface area contributed by atoms with Crippen LogP contribution in [0.15, 0.2) is 53.4 Å². The monoisotopic (exact) mass is 597 g/mol. The zero-order chi connectivity index (χ0) is 30.3. The highest BCUT2D eigenvalue weighted by atomic mass is 32.2. The van der Waals surface area contributed by atoms with E-state index < -0.39 is 21.0 Å². The van der Waals surface area contributed by atoms with Crippen LogP contribution in [0.1, 0.15) is 64.9 Å². The average molecular weight is 598 g/mol. The maximum Gasteiger partial charge on any atom is 0.240 e. The van der Waals surface area contributed by atoms with Gasteiger partial charge in [0.1, 0.15) is 5.75 Å². The van der Waals surface area contributed by atoms with E-state index in [1.165, 1.54) is 0 Å². The van der Waals surface area contributed by atoms with Gasteiger partial charge in [-0.1, -0.05) is 43.7 Å². The molecule has 9 heteroatoms. The lowest BCUT2D eigenvalue weighted by Gasteiger charge is -2.51. The summed E-state index contributed by atoms with van der Waals surface area (Å²) in [5.41, 5.74) is 0.658. The molecule has 2 N–H and O–H groups in total. The van der Waals surface area contributed by atoms with E-state index in [-0.39, 0.29) is 28.2 Å². The van der Waals surface area contributed by atoms with Crippen LogP contribution in [0, 0.1) is 23.7 Å². The van der Waals surface area contributed by atoms with Crippen LogP contribution >= 0.6 is 0 Å². The summed E-state index contributed by atoms with van der Waals surface area (Å²) in [7, 11) is -2.07. The van der Waals surface area contributed by atoms with Crippen molar-refractivity contribution in [2.75, 3.05) is 38.2 Å². The third-order valence-electron chi connectivity index (χ3n) is 10.3. The first-order chi connectivity index (χ1) is 19.8. The van der Waals surface area contributed by atoms with Crippen molar-refractivity contribution in [1.82, 2.24) is 9.62 Å². The standard InChI is InChI=1S/C33H47N3O5S/c1-24-10-12-25(13-11-24)42(39,40)34-29-23-31(2,3)28-22-32(4,38)16-17-33(28,29)15-14-30(37)36-20-18-35(19-21-36)26-8-6-7-9-27(26)41-5/h6-13,28-29,34,38H,14-23H2,1-5H3/t28-,29-,32-,33-/m0/s1. The van der Waals surface area contributed by atoms with Crippen molar-refractivity contribution in [3.8, 4) is 5.75 Å². The van der Waals surface area contributed by atoms with Crippen molar-refractivity contribution >= 4 is 21.6 Å². The number of amides is 1. The number of benzene rings is 2. The molecule has 3 aliphatic rings. The van der Waals surface area contributed by atoms with Gasteiger partial charge in [0.25, 0.3) is 0 Å². The lowest BCUT2D eigenvalue weighted by Crippen LogP contribution is -2.53. The Hall–Kier alpha value is -2.62. The number of fused-ring (bicyclic) bond motifs is 1. The first-order valence-corrected chi connectivity index (χ1v) is 16.7. The van der Waals surface area contributed by atoms with E-state index in [9.17, 15) is 18.3 Å². The minimum Gasteiger partial charge on any atom is -0.495 e. The molecule has 8 nitrogen and oxygen atoms in total. The second kappa shape index (κ2) is 11.5. The van der Waals surface area contributed by atoms with E-state index in [2.05, 4.69) is 23.5 Å². The second-order valence-corrected chi connectivity index (χ2v) is 15.4. The molecule has 4 atom stereocenters. The molecule has 1 amide bonds. The number of para-hydroxylation sites is 2. The number of carbonyl (C=O) groups is 1. The summed E-state index contributed by atoms with van der Waals surface area (Å²) in [6, 6.07) is 14.6. The van der Waals surface area contributed by atoms with Gasteiger partial charge in [0.2, 0.25) is 15.9 Å². The summed E-state index contributed by atoms with van der Waals surface area (Å²) in [6.45, 7) is 10.9. The molecule has 2 saturated carbocycles. The summed E-state index contributed by atoms with van der Waals surface area (Å²) in [4.78, 5) is 18.1. The molecule has 5 rings (SSSR count). The number of nitrogens with zero attached hydrogens (tertiary/aromatic N) is 2. The third kappa shape index (κ3) is 6.06. The number of nitrogens with one attached hydrogen (secondary N) is 1. The highest BCUT2D eigenvalue weighted by Gasteiger charge is 2.62. The summed E-state index contributed by atoms with van der Waals surface area (Å²) in [5.74, 6) is 1.04. The number of anilines is 1. The topological polar surface area (TPSA) is 99.2 Å². The molecule has 1 saturated heterocycles. The molecule has 0 unspecified atom stereocenters. The second-order valence-electron chi connectivity index (χ2n) is 13.7. The Morgan fingerprint density at radius 1 is 1.00 bits per heavy atom. The Kier molecular flexibility index (Phi) is 8.42. The Labute approximate surface area is 251 Å². The lowest BCUT2D eigenvalue weighted by atomic mass is 9.57. The molecule has 0 spiro atoms. The molecule has 1 heterocycles. The van der Waals surface area contributed by atoms with Gasteiger partial charge >= 0.3 is 0 Å². The summed E-state index contributed by atoms with van der Waals surface area (Å²) in [6.07, 6.45) is 3.52. The predicted octanol–water partition coefficient (Wildman–Crippen LogP) is 4.75. The fourth-order valence-corrected chi connectivity index (χ4v) is 9.28. The number of methoxy groups -OCH3 is 1. The van der Waals surface area contributed by atoms with Crippen molar-refractivity contribution in [2.45, 2.75) is 82.8 Å². The molecule has 2 aromatic carbocycles. The summed E-state index contributed by atoms with van der Waals surface area (Å²) in [5, 5.41) is 11.1. The normalized spacial score (nSPS) is 29.3. The van der Waals surface area contributed by atoms with Gasteiger partial charge in [-0.15, -0.1) is 0 Å². The van der Waals surface area contributed by atoms with Crippen molar-refractivity contribution in [3.63, 3.8) is 0 Å². The molecule has 230 valence electrons. The Morgan fingerprint density at radius 2 is 1.67 bits per heavy atom. The fraction of sp³-hybridized carbons (Fsp3) is 0.606. The molecule has 2 aliphatic carbocycles. The van der Waals surface area contributed by atoms with Gasteiger partial charge < -0.3 is 19.6 Å². The average Bonchev–Trinajstić information content (AvgIpc) is 3.16. The van der Waals surface area contributed by atoms with Crippen LogP contribution in [-0.2, 0) is 14.8 Å². The summed E-state index contributed by atoms with van der Waals surface area (Å²) < 4.78 is 35.8. The fourth-order valence-electron chi connectivity index (χ4n) is 7.96. The largest absolute Gasteiger partial charge is 0.495 e. The Morgan fingerprint density at radius 3 is 2.33 bits per heavy atom. The minimum atomic E-state index is -3.75. The number of carbonyl (C=O) groups excluding carboxylic acids is 1. The number of sulfonamides is 1. The molecular weight excluding hydrogens is 550 g/mol. The molecule has 0 radical (unpaired) electrons. The Bertz CT molecular complexity index is 1380. The highest BCUT2D eigenvalue weighted by Crippen LogP contribution is 2.64. The van der Waals surface area contributed by atoms with E-state index >= 15 is 0 Å². The Balaban J connectivity index is 1.32. The van der Waals surface area contributed by atoms with Crippen molar-refractivity contribution in [1.29, 1.82) is 0 Å². The first kappa shape index (κ1) is 30.8. The van der Waals surface area contributed by atoms with Gasteiger partial charge in [-0.05, 0) is 87.0 Å². The van der Waals surface area contributed by atoms with E-state index in [1.807, 2.05) is 55.1 Å². The maximum absolute atomic E-state index is 13.6. The van der Waals surface area contributed by atoms with Gasteiger partial charge in [-0.3, -0.25) is 4.79 Å². The van der Waals surface area contributed by atoms with Gasteiger partial charge in [-0.2, -0.15) is 0 Å². The van der Waals surface area contributed by atoms with E-state index in [0.717, 1.165) is 30.1 Å². The van der Waals surface area contributed by atoms with Gasteiger partial charge in [-0.25, -0.2) is 13.1 Å². The van der Waals surface area contributed by atoms with Gasteiger partial charge in [0, 0.05) is 38.6 Å². The lowest BCUT2D eigenvalue weighted by molar-refractivity contribution is -0.133. The van der Waals surface area contributed by atoms with Crippen molar-refractivity contribution < 1.29 is 23.1 Å². The van der Waals surface area contributed by atoms with E-state index in [0.29, 0.717) is 51.6 Å². The quantitative estimate of drug-likeness (QED) is 0.456. The number of hydrogen-bond acceptors (Lipinski definition) is 6. The van der Waals surface area contributed by atoms with Crippen LogP contribution in [0.2, 0.25) is 0 Å². The van der Waals surface area contributed by atoms with Gasteiger partial charge in [0.15, 0.2) is 0 Å². The molecule has 0 bridgehead atoms. The summed E-state index contributed by atoms with van der Waals surface area (Å²) >= 11 is 0. The third-order valence-corrected chi connectivity index (χ3v) is 11.8. The van der Waals surface area contributed by atoms with Crippen molar-refractivity contribution in [2.24, 2.45) is 16.7 Å². The van der Waals surface area contributed by atoms with Crippen molar-refractivity contribution in [3.05, 3.63) is 54.1 Å². The van der Waals surface area contributed by atoms with Crippen LogP contribution in [0.4, 0.5) is 5.69 Å². The number of piperazine rings is 1. The molecule has 2 aromatic rings. The van der Waals surface area contributed by atoms with Crippen LogP contribution in [0.3, 0.4) is 0 Å². The number of aliphatic hydroxyl groups is 1. The SMILES string of the molecule is COc1ccccc1N1CCN(C(=O)CC[C@]23CC[C@](C)(O)C[C@H]2C(C)(C)C[C@@H]3NS(=O)(=O)c2ccc(C)cc2)CC1. The molecule has 3 fully saturated rings. The maximum atomic E-state index is 13.6. The molecule has 42 heavy (non-hydrogen) atoms. The molecular formula is C33H47N3O5S. The number of rotatable bonds is 8. The van der Waals surface area contributed by atoms with Gasteiger partial charge in [0.05, 0.1) is 23.3 Å². The van der Waals surface area contributed by atoms with Crippen LogP contribution < -0.4 is 14.4 Å². The van der Waals surface area contributed by atoms with Crippen LogP contribution in [0.5, 0.6) is 5.75 Å². The zero-order valence-electron chi connectivity index (χ0n) is 25.7. The highest BCUT2D eigenvalue weighted by molar-refractivity contribution is 7.89. The molecule has 0 aromatic heterocycles. The van der Waals surface area contributed by atoms with Crippen LogP contribution in [-0.4, -0.2) is 69.3 Å². The zero-order valence-corrected chi connectivity index (χ0v) is 26.5. The number of aryl methyl sites for hydroxylation is 1.